The Bertz CT molecular complexity index is 610. The molecule has 0 radical (unpaired) electrons. The molecule has 0 saturated heterocycles. The van der Waals surface area contributed by atoms with Gasteiger partial charge in [0.15, 0.2) is 0 Å². The molecule has 0 amide bonds. The maximum Gasteiger partial charge on any atom is 0.328 e. The van der Waals surface area contributed by atoms with Crippen LogP contribution in [-0.4, -0.2) is 16.7 Å². The van der Waals surface area contributed by atoms with E-state index in [9.17, 15) is 4.79 Å². The topological polar surface area (TPSA) is 72.6 Å². The molecular weight excluding hydrogens is 254 g/mol. The smallest absolute Gasteiger partial charge is 0.328 e. The fraction of sp³-hybridized carbons (Fsp3) is 0.312. The molecular formula is C16H17NO3. The van der Waals surface area contributed by atoms with E-state index in [2.05, 4.69) is 6.08 Å². The number of fused-ring (bicyclic) bond motifs is 1. The number of rotatable bonds is 2. The van der Waals surface area contributed by atoms with E-state index in [1.807, 2.05) is 12.1 Å². The van der Waals surface area contributed by atoms with E-state index in [0.717, 1.165) is 30.2 Å². The summed E-state index contributed by atoms with van der Waals surface area (Å²) in [4.78, 5) is 10.6. The van der Waals surface area contributed by atoms with Crippen molar-refractivity contribution in [3.63, 3.8) is 0 Å². The Balaban J connectivity index is 1.96. The lowest BCUT2D eigenvalue weighted by Gasteiger charge is -2.32. The second kappa shape index (κ2) is 4.71. The number of aliphatic carboxylic acids is 1. The first-order chi connectivity index (χ1) is 9.60. The van der Waals surface area contributed by atoms with Crippen molar-refractivity contribution in [1.29, 1.82) is 0 Å². The van der Waals surface area contributed by atoms with E-state index in [4.69, 9.17) is 15.6 Å². The molecule has 1 aromatic carbocycles. The van der Waals surface area contributed by atoms with E-state index < -0.39 is 5.97 Å². The number of carboxylic acid groups (broad SMARTS) is 1. The molecule has 3 N–H and O–H groups in total. The Morgan fingerprint density at radius 1 is 1.35 bits per heavy atom. The Labute approximate surface area is 117 Å². The second-order valence-corrected chi connectivity index (χ2v) is 5.36. The van der Waals surface area contributed by atoms with E-state index in [-0.39, 0.29) is 5.60 Å². The van der Waals surface area contributed by atoms with Crippen molar-refractivity contribution < 1.29 is 14.6 Å². The van der Waals surface area contributed by atoms with Crippen LogP contribution < -0.4 is 10.5 Å². The van der Waals surface area contributed by atoms with Crippen molar-refractivity contribution in [2.24, 2.45) is 0 Å². The molecule has 20 heavy (non-hydrogen) atoms. The molecule has 0 bridgehead atoms. The molecule has 0 aromatic heterocycles. The van der Waals surface area contributed by atoms with Crippen LogP contribution in [0.5, 0.6) is 5.75 Å². The highest BCUT2D eigenvalue weighted by Crippen LogP contribution is 2.43. The fourth-order valence-electron chi connectivity index (χ4n) is 2.93. The molecule has 1 heterocycles. The molecule has 1 spiro atoms. The Morgan fingerprint density at radius 2 is 2.10 bits per heavy atom. The summed E-state index contributed by atoms with van der Waals surface area (Å²) in [6, 6.07) is 3.67. The molecule has 4 nitrogen and oxygen atoms in total. The maximum atomic E-state index is 10.6. The van der Waals surface area contributed by atoms with Crippen LogP contribution in [0.15, 0.2) is 24.3 Å². The average Bonchev–Trinajstić information content (AvgIpc) is 2.86. The third kappa shape index (κ3) is 2.18. The molecule has 2 aliphatic rings. The predicted molar refractivity (Wildman–Crippen MR) is 78.4 cm³/mol. The second-order valence-electron chi connectivity index (χ2n) is 5.36. The lowest BCUT2D eigenvalue weighted by molar-refractivity contribution is -0.131. The first kappa shape index (κ1) is 12.8. The maximum absolute atomic E-state index is 10.6. The van der Waals surface area contributed by atoms with Crippen LogP contribution in [0.2, 0.25) is 0 Å². The number of anilines is 1. The molecule has 1 aliphatic carbocycles. The standard InChI is InChI=1S/C16H17NO3/c17-15-11(4-6-14(18)19)3-5-13-12(15)7-10-16(20-13)8-1-2-9-16/h3-7,10H,1-2,8-9,17H2,(H,18,19)/b6-4+. The monoisotopic (exact) mass is 271 g/mol. The number of hydrogen-bond acceptors (Lipinski definition) is 3. The SMILES string of the molecule is Nc1c(/C=C/C(=O)O)ccc2c1C=CC1(CCCC1)O2. The van der Waals surface area contributed by atoms with Gasteiger partial charge in [0, 0.05) is 17.3 Å². The highest BCUT2D eigenvalue weighted by Gasteiger charge is 2.36. The first-order valence-corrected chi connectivity index (χ1v) is 6.81. The molecule has 1 aromatic rings. The van der Waals surface area contributed by atoms with E-state index in [1.165, 1.54) is 18.9 Å². The van der Waals surface area contributed by atoms with Crippen molar-refractivity contribution in [2.75, 3.05) is 5.73 Å². The number of carbonyl (C=O) groups is 1. The van der Waals surface area contributed by atoms with Crippen LogP contribution >= 0.6 is 0 Å². The van der Waals surface area contributed by atoms with Crippen LogP contribution in [0.4, 0.5) is 5.69 Å². The van der Waals surface area contributed by atoms with Crippen molar-refractivity contribution in [1.82, 2.24) is 0 Å². The van der Waals surface area contributed by atoms with E-state index >= 15 is 0 Å². The number of ether oxygens (including phenoxy) is 1. The van der Waals surface area contributed by atoms with Crippen LogP contribution in [-0.2, 0) is 4.79 Å². The molecule has 3 rings (SSSR count). The summed E-state index contributed by atoms with van der Waals surface area (Å²) in [7, 11) is 0. The fourth-order valence-corrected chi connectivity index (χ4v) is 2.93. The lowest BCUT2D eigenvalue weighted by Crippen LogP contribution is -2.32. The van der Waals surface area contributed by atoms with Crippen molar-refractivity contribution in [3.05, 3.63) is 35.4 Å². The van der Waals surface area contributed by atoms with Gasteiger partial charge in [-0.3, -0.25) is 0 Å². The van der Waals surface area contributed by atoms with Gasteiger partial charge in [0.05, 0.1) is 0 Å². The Kier molecular flexibility index (Phi) is 3.01. The minimum absolute atomic E-state index is 0.155. The summed E-state index contributed by atoms with van der Waals surface area (Å²) >= 11 is 0. The third-order valence-corrected chi connectivity index (χ3v) is 4.00. The predicted octanol–water partition coefficient (Wildman–Crippen LogP) is 3.09. The van der Waals surface area contributed by atoms with Crippen molar-refractivity contribution >= 4 is 23.8 Å². The summed E-state index contributed by atoms with van der Waals surface area (Å²) in [5.74, 6) is -0.196. The summed E-state index contributed by atoms with van der Waals surface area (Å²) in [6.07, 6.45) is 11.2. The average molecular weight is 271 g/mol. The molecule has 4 heteroatoms. The first-order valence-electron chi connectivity index (χ1n) is 6.81. The largest absolute Gasteiger partial charge is 0.482 e. The van der Waals surface area contributed by atoms with Gasteiger partial charge in [-0.25, -0.2) is 4.79 Å². The Morgan fingerprint density at radius 3 is 2.80 bits per heavy atom. The van der Waals surface area contributed by atoms with E-state index in [1.54, 1.807) is 6.07 Å². The highest BCUT2D eigenvalue weighted by atomic mass is 16.5. The highest BCUT2D eigenvalue weighted by molar-refractivity contribution is 5.88. The zero-order chi connectivity index (χ0) is 14.2. The van der Waals surface area contributed by atoms with Gasteiger partial charge in [0.1, 0.15) is 11.4 Å². The minimum atomic E-state index is -0.987. The molecule has 1 fully saturated rings. The van der Waals surface area contributed by atoms with Gasteiger partial charge < -0.3 is 15.6 Å². The molecule has 1 saturated carbocycles. The molecule has 0 atom stereocenters. The van der Waals surface area contributed by atoms with Gasteiger partial charge >= 0.3 is 5.97 Å². The lowest BCUT2D eigenvalue weighted by atomic mass is 9.95. The van der Waals surface area contributed by atoms with Gasteiger partial charge in [0.2, 0.25) is 0 Å². The number of benzene rings is 1. The van der Waals surface area contributed by atoms with Gasteiger partial charge in [-0.05, 0) is 61.6 Å². The van der Waals surface area contributed by atoms with E-state index in [0.29, 0.717) is 11.3 Å². The zero-order valence-electron chi connectivity index (χ0n) is 11.1. The van der Waals surface area contributed by atoms with Gasteiger partial charge in [-0.2, -0.15) is 0 Å². The van der Waals surface area contributed by atoms with Gasteiger partial charge in [0.25, 0.3) is 0 Å². The van der Waals surface area contributed by atoms with Crippen LogP contribution in [0.25, 0.3) is 12.2 Å². The molecule has 0 unspecified atom stereocenters. The number of nitrogen functional groups attached to an aromatic ring is 1. The summed E-state index contributed by atoms with van der Waals surface area (Å²) in [6.45, 7) is 0. The quantitative estimate of drug-likeness (QED) is 0.640. The molecule has 104 valence electrons. The molecule has 1 aliphatic heterocycles. The van der Waals surface area contributed by atoms with Crippen LogP contribution in [0, 0.1) is 0 Å². The third-order valence-electron chi connectivity index (χ3n) is 4.00. The minimum Gasteiger partial charge on any atom is -0.482 e. The zero-order valence-corrected chi connectivity index (χ0v) is 11.1. The number of hydrogen-bond donors (Lipinski definition) is 2. The number of nitrogens with two attached hydrogens (primary N) is 1. The van der Waals surface area contributed by atoms with Crippen LogP contribution in [0.3, 0.4) is 0 Å². The van der Waals surface area contributed by atoms with Gasteiger partial charge in [-0.1, -0.05) is 0 Å². The van der Waals surface area contributed by atoms with Crippen LogP contribution in [0.1, 0.15) is 36.8 Å². The summed E-state index contributed by atoms with van der Waals surface area (Å²) in [5, 5.41) is 8.68. The Hall–Kier alpha value is -2.23. The van der Waals surface area contributed by atoms with Gasteiger partial charge in [-0.15, -0.1) is 0 Å². The number of carboxylic acids is 1. The van der Waals surface area contributed by atoms with Crippen molar-refractivity contribution in [3.8, 4) is 5.75 Å². The normalized spacial score (nSPS) is 19.2. The summed E-state index contributed by atoms with van der Waals surface area (Å²) < 4.78 is 6.13. The summed E-state index contributed by atoms with van der Waals surface area (Å²) in [5.41, 5.74) is 8.05. The van der Waals surface area contributed by atoms with Crippen molar-refractivity contribution in [2.45, 2.75) is 31.3 Å².